The van der Waals surface area contributed by atoms with E-state index in [4.69, 9.17) is 4.42 Å². The highest BCUT2D eigenvalue weighted by Gasteiger charge is 2.22. The van der Waals surface area contributed by atoms with E-state index in [0.717, 1.165) is 16.5 Å². The van der Waals surface area contributed by atoms with E-state index in [2.05, 4.69) is 31.9 Å². The van der Waals surface area contributed by atoms with Gasteiger partial charge < -0.3 is 9.52 Å². The topological polar surface area (TPSA) is 50.4 Å². The van der Waals surface area contributed by atoms with E-state index in [1.54, 1.807) is 12.1 Å². The van der Waals surface area contributed by atoms with E-state index in [1.807, 2.05) is 32.0 Å². The number of hydrogen-bond acceptors (Lipinski definition) is 3. The van der Waals surface area contributed by atoms with Gasteiger partial charge in [-0.15, -0.1) is 0 Å². The molecular weight excluding hydrogens is 424 g/mol. The summed E-state index contributed by atoms with van der Waals surface area (Å²) in [5, 5.41) is 10.6. The zero-order valence-electron chi connectivity index (χ0n) is 12.6. The quantitative estimate of drug-likeness (QED) is 0.529. The average Bonchev–Trinajstić information content (AvgIpc) is 2.88. The molecule has 0 spiro atoms. The first kappa shape index (κ1) is 16.3. The summed E-state index contributed by atoms with van der Waals surface area (Å²) in [6.45, 7) is 3.95. The number of rotatable bonds is 3. The molecule has 23 heavy (non-hydrogen) atoms. The third kappa shape index (κ3) is 2.83. The molecule has 0 unspecified atom stereocenters. The number of carbonyl (C=O) groups is 1. The molecule has 0 aliphatic rings. The Bertz CT molecular complexity index is 902. The highest BCUT2D eigenvalue weighted by molar-refractivity contribution is 9.11. The molecule has 0 radical (unpaired) electrons. The van der Waals surface area contributed by atoms with Crippen molar-refractivity contribution in [2.75, 3.05) is 0 Å². The molecule has 0 aliphatic carbocycles. The number of phenolic OH excluding ortho intramolecular Hbond substituents is 1. The minimum Gasteiger partial charge on any atom is -0.506 e. The lowest BCUT2D eigenvalue weighted by Gasteiger charge is -2.06. The Morgan fingerprint density at radius 1 is 1.17 bits per heavy atom. The minimum atomic E-state index is -0.120. The Kier molecular flexibility index (Phi) is 4.34. The Labute approximate surface area is 150 Å². The summed E-state index contributed by atoms with van der Waals surface area (Å²) in [6, 6.07) is 9.07. The number of halogens is 2. The fourth-order valence-electron chi connectivity index (χ4n) is 2.59. The number of hydrogen-bond donors (Lipinski definition) is 1. The fraction of sp³-hybridized carbons (Fsp3) is 0.167. The molecule has 0 fully saturated rings. The first-order valence-corrected chi connectivity index (χ1v) is 8.75. The van der Waals surface area contributed by atoms with Crippen LogP contribution in [0, 0.1) is 6.92 Å². The zero-order valence-corrected chi connectivity index (χ0v) is 15.8. The summed E-state index contributed by atoms with van der Waals surface area (Å²) in [7, 11) is 0. The number of ketones is 1. The number of aryl methyl sites for hydroxylation is 2. The highest BCUT2D eigenvalue weighted by atomic mass is 79.9. The Hall–Kier alpha value is -1.59. The molecule has 0 bridgehead atoms. The summed E-state index contributed by atoms with van der Waals surface area (Å²) < 4.78 is 6.80. The standard InChI is InChI=1S/C18H14Br2O3/c1-3-14-16(11-5-4-9(2)6-15(11)23-14)17(21)10-7-12(19)18(22)13(20)8-10/h4-8,22H,3H2,1-2H3. The third-order valence-corrected chi connectivity index (χ3v) is 4.95. The van der Waals surface area contributed by atoms with Crippen molar-refractivity contribution in [2.45, 2.75) is 20.3 Å². The monoisotopic (exact) mass is 436 g/mol. The van der Waals surface area contributed by atoms with E-state index in [1.165, 1.54) is 0 Å². The predicted octanol–water partition coefficient (Wildman–Crippen LogP) is 5.77. The molecule has 3 rings (SSSR count). The number of carbonyl (C=O) groups excluding carboxylic acids is 1. The molecule has 1 N–H and O–H groups in total. The van der Waals surface area contributed by atoms with E-state index in [-0.39, 0.29) is 11.5 Å². The van der Waals surface area contributed by atoms with Gasteiger partial charge in [-0.1, -0.05) is 19.1 Å². The van der Waals surface area contributed by atoms with Crippen LogP contribution in [-0.2, 0) is 6.42 Å². The molecule has 0 atom stereocenters. The lowest BCUT2D eigenvalue weighted by atomic mass is 9.99. The van der Waals surface area contributed by atoms with E-state index in [0.29, 0.717) is 32.3 Å². The predicted molar refractivity (Wildman–Crippen MR) is 97.3 cm³/mol. The van der Waals surface area contributed by atoms with Gasteiger partial charge in [-0.2, -0.15) is 0 Å². The summed E-state index contributed by atoms with van der Waals surface area (Å²) in [4.78, 5) is 13.0. The number of fused-ring (bicyclic) bond motifs is 1. The second kappa shape index (κ2) is 6.13. The summed E-state index contributed by atoms with van der Waals surface area (Å²) >= 11 is 6.54. The molecule has 0 saturated carbocycles. The van der Waals surface area contributed by atoms with Gasteiger partial charge in [0.2, 0.25) is 0 Å². The summed E-state index contributed by atoms with van der Waals surface area (Å²) in [6.07, 6.45) is 0.634. The Balaban J connectivity index is 2.21. The van der Waals surface area contributed by atoms with Crippen LogP contribution in [0.25, 0.3) is 11.0 Å². The summed E-state index contributed by atoms with van der Waals surface area (Å²) in [5.41, 5.74) is 2.89. The van der Waals surface area contributed by atoms with Crippen LogP contribution in [0.1, 0.15) is 34.2 Å². The van der Waals surface area contributed by atoms with Crippen molar-refractivity contribution in [1.29, 1.82) is 0 Å². The van der Waals surface area contributed by atoms with Gasteiger partial charge in [-0.25, -0.2) is 0 Å². The second-order valence-corrected chi connectivity index (χ2v) is 7.08. The Morgan fingerprint density at radius 3 is 2.43 bits per heavy atom. The van der Waals surface area contributed by atoms with Gasteiger partial charge in [0.05, 0.1) is 14.5 Å². The lowest BCUT2D eigenvalue weighted by Crippen LogP contribution is -2.03. The van der Waals surface area contributed by atoms with Crippen molar-refractivity contribution in [2.24, 2.45) is 0 Å². The van der Waals surface area contributed by atoms with Crippen LogP contribution < -0.4 is 0 Å². The van der Waals surface area contributed by atoms with Gasteiger partial charge >= 0.3 is 0 Å². The van der Waals surface area contributed by atoms with Crippen LogP contribution >= 0.6 is 31.9 Å². The lowest BCUT2D eigenvalue weighted by molar-refractivity contribution is 0.103. The average molecular weight is 438 g/mol. The van der Waals surface area contributed by atoms with Crippen LogP contribution in [0.15, 0.2) is 43.7 Å². The highest BCUT2D eigenvalue weighted by Crippen LogP contribution is 2.36. The van der Waals surface area contributed by atoms with Crippen molar-refractivity contribution >= 4 is 48.6 Å². The van der Waals surface area contributed by atoms with E-state index >= 15 is 0 Å². The molecule has 3 aromatic rings. The molecule has 0 saturated heterocycles. The van der Waals surface area contributed by atoms with Gasteiger partial charge in [-0.3, -0.25) is 4.79 Å². The maximum atomic E-state index is 13.0. The molecule has 5 heteroatoms. The largest absolute Gasteiger partial charge is 0.506 e. The number of benzene rings is 2. The number of phenols is 1. The summed E-state index contributed by atoms with van der Waals surface area (Å²) in [5.74, 6) is 0.631. The van der Waals surface area contributed by atoms with E-state index < -0.39 is 0 Å². The molecule has 1 aromatic heterocycles. The molecule has 0 amide bonds. The maximum Gasteiger partial charge on any atom is 0.197 e. The molecule has 0 aliphatic heterocycles. The normalized spacial score (nSPS) is 11.1. The van der Waals surface area contributed by atoms with Gasteiger partial charge in [0, 0.05) is 17.4 Å². The smallest absolute Gasteiger partial charge is 0.197 e. The first-order valence-electron chi connectivity index (χ1n) is 7.17. The van der Waals surface area contributed by atoms with Crippen LogP contribution in [-0.4, -0.2) is 10.9 Å². The van der Waals surface area contributed by atoms with Gasteiger partial charge in [0.15, 0.2) is 5.78 Å². The van der Waals surface area contributed by atoms with Crippen LogP contribution in [0.4, 0.5) is 0 Å². The van der Waals surface area contributed by atoms with Crippen molar-refractivity contribution in [1.82, 2.24) is 0 Å². The second-order valence-electron chi connectivity index (χ2n) is 5.37. The van der Waals surface area contributed by atoms with Crippen molar-refractivity contribution in [3.8, 4) is 5.75 Å². The maximum absolute atomic E-state index is 13.0. The fourth-order valence-corrected chi connectivity index (χ4v) is 3.78. The van der Waals surface area contributed by atoms with Crippen LogP contribution in [0.5, 0.6) is 5.75 Å². The Morgan fingerprint density at radius 2 is 1.83 bits per heavy atom. The molecule has 1 heterocycles. The third-order valence-electron chi connectivity index (χ3n) is 3.75. The SMILES string of the molecule is CCc1oc2cc(C)ccc2c1C(=O)c1cc(Br)c(O)c(Br)c1. The van der Waals surface area contributed by atoms with Crippen LogP contribution in [0.2, 0.25) is 0 Å². The molecule has 3 nitrogen and oxygen atoms in total. The molecule has 118 valence electrons. The molecular formula is C18H14Br2O3. The van der Waals surface area contributed by atoms with Crippen molar-refractivity contribution in [3.63, 3.8) is 0 Å². The number of aromatic hydroxyl groups is 1. The van der Waals surface area contributed by atoms with E-state index in [9.17, 15) is 9.90 Å². The van der Waals surface area contributed by atoms with Gasteiger partial charge in [-0.05, 0) is 62.5 Å². The van der Waals surface area contributed by atoms with Gasteiger partial charge in [0.25, 0.3) is 0 Å². The number of furan rings is 1. The molecule has 2 aromatic carbocycles. The first-order chi connectivity index (χ1) is 10.9. The minimum absolute atomic E-state index is 0.0740. The van der Waals surface area contributed by atoms with Crippen molar-refractivity contribution < 1.29 is 14.3 Å². The zero-order chi connectivity index (χ0) is 16.7. The van der Waals surface area contributed by atoms with Gasteiger partial charge in [0.1, 0.15) is 17.1 Å². The van der Waals surface area contributed by atoms with Crippen LogP contribution in [0.3, 0.4) is 0 Å². The van der Waals surface area contributed by atoms with Crippen molar-refractivity contribution in [3.05, 3.63) is 61.7 Å².